The van der Waals surface area contributed by atoms with Crippen LogP contribution in [-0.4, -0.2) is 9.97 Å². The average molecular weight is 478 g/mol. The van der Waals surface area contributed by atoms with Crippen molar-refractivity contribution in [2.24, 2.45) is 0 Å². The Kier molecular flexibility index (Phi) is 4.16. The Morgan fingerprint density at radius 2 is 1.38 bits per heavy atom. The van der Waals surface area contributed by atoms with Crippen molar-refractivity contribution in [3.8, 4) is 0 Å². The van der Waals surface area contributed by atoms with Crippen LogP contribution in [0.2, 0.25) is 0 Å². The molecule has 0 radical (unpaired) electrons. The molecule has 0 atom stereocenters. The maximum atomic E-state index is 6.23. The fraction of sp³-hybridized carbons (Fsp3) is 0. The smallest absolute Gasteiger partial charge is 0.153 e. The summed E-state index contributed by atoms with van der Waals surface area (Å²) in [7, 11) is 0. The molecule has 0 spiro atoms. The predicted molar refractivity (Wildman–Crippen MR) is 149 cm³/mol. The third-order valence-electron chi connectivity index (χ3n) is 6.99. The van der Waals surface area contributed by atoms with E-state index in [0.717, 1.165) is 66.5 Å². The number of hydrogen-bond acceptors (Lipinski definition) is 5. The third-order valence-corrected chi connectivity index (χ3v) is 6.99. The van der Waals surface area contributed by atoms with Crippen LogP contribution in [0.15, 0.2) is 124 Å². The summed E-state index contributed by atoms with van der Waals surface area (Å²) >= 11 is 0. The second-order valence-corrected chi connectivity index (χ2v) is 9.09. The maximum absolute atomic E-state index is 6.23. The van der Waals surface area contributed by atoms with E-state index in [1.165, 1.54) is 5.39 Å². The number of hydrogen-bond donors (Lipinski definition) is 0. The van der Waals surface area contributed by atoms with E-state index in [9.17, 15) is 0 Å². The van der Waals surface area contributed by atoms with Crippen LogP contribution in [0.1, 0.15) is 0 Å². The van der Waals surface area contributed by atoms with Crippen LogP contribution in [0.25, 0.3) is 54.8 Å². The van der Waals surface area contributed by atoms with E-state index in [2.05, 4.69) is 75.5 Å². The number of aromatic nitrogens is 2. The van der Waals surface area contributed by atoms with Crippen molar-refractivity contribution in [1.82, 2.24) is 9.97 Å². The lowest BCUT2D eigenvalue weighted by Gasteiger charge is -2.27. The number of fused-ring (bicyclic) bond motifs is 7. The molecule has 0 aliphatic rings. The van der Waals surface area contributed by atoms with Gasteiger partial charge in [-0.15, -0.1) is 0 Å². The lowest BCUT2D eigenvalue weighted by molar-refractivity contribution is 0.668. The van der Waals surface area contributed by atoms with Crippen molar-refractivity contribution >= 4 is 71.8 Å². The predicted octanol–water partition coefficient (Wildman–Crippen LogP) is 8.90. The molecular weight excluding hydrogens is 458 g/mol. The molecule has 8 rings (SSSR count). The van der Waals surface area contributed by atoms with Crippen molar-refractivity contribution < 1.29 is 8.83 Å². The van der Waals surface area contributed by atoms with Crippen LogP contribution in [0.5, 0.6) is 0 Å². The number of nitrogens with zero attached hydrogens (tertiary/aromatic N) is 3. The Morgan fingerprint density at radius 1 is 0.568 bits per heavy atom. The molecule has 0 saturated heterocycles. The Labute approximate surface area is 211 Å². The normalized spacial score (nSPS) is 11.8. The molecule has 0 unspecified atom stereocenters. The van der Waals surface area contributed by atoms with E-state index >= 15 is 0 Å². The average Bonchev–Trinajstić information content (AvgIpc) is 3.52. The monoisotopic (exact) mass is 477 g/mol. The Balaban J connectivity index is 1.49. The summed E-state index contributed by atoms with van der Waals surface area (Å²) in [4.78, 5) is 11.3. The van der Waals surface area contributed by atoms with Gasteiger partial charge in [-0.2, -0.15) is 0 Å². The van der Waals surface area contributed by atoms with Crippen molar-refractivity contribution in [2.75, 3.05) is 4.90 Å². The molecule has 5 heteroatoms. The zero-order chi connectivity index (χ0) is 24.3. The molecule has 0 fully saturated rings. The summed E-state index contributed by atoms with van der Waals surface area (Å²) < 4.78 is 12.3. The second-order valence-electron chi connectivity index (χ2n) is 9.09. The lowest BCUT2D eigenvalue weighted by Crippen LogP contribution is -2.10. The molecule has 174 valence electrons. The van der Waals surface area contributed by atoms with Gasteiger partial charge in [0.1, 0.15) is 22.3 Å². The van der Waals surface area contributed by atoms with Gasteiger partial charge in [0.25, 0.3) is 0 Å². The largest absolute Gasteiger partial charge is 0.456 e. The minimum Gasteiger partial charge on any atom is -0.456 e. The molecule has 0 aliphatic carbocycles. The van der Waals surface area contributed by atoms with Crippen LogP contribution < -0.4 is 4.90 Å². The molecule has 0 bridgehead atoms. The summed E-state index contributed by atoms with van der Waals surface area (Å²) in [5, 5.41) is 5.31. The minimum atomic E-state index is 0.778. The number of rotatable bonds is 3. The number of furan rings is 2. The van der Waals surface area contributed by atoms with E-state index in [-0.39, 0.29) is 0 Å². The summed E-state index contributed by atoms with van der Waals surface area (Å²) in [5.74, 6) is 0. The van der Waals surface area contributed by atoms with Crippen LogP contribution >= 0.6 is 0 Å². The molecule has 4 aromatic heterocycles. The van der Waals surface area contributed by atoms with Gasteiger partial charge >= 0.3 is 0 Å². The van der Waals surface area contributed by atoms with Gasteiger partial charge in [-0.3, -0.25) is 9.97 Å². The van der Waals surface area contributed by atoms with Crippen molar-refractivity contribution in [2.45, 2.75) is 0 Å². The topological polar surface area (TPSA) is 55.3 Å². The molecular formula is C32H19N3O2. The maximum Gasteiger partial charge on any atom is 0.153 e. The zero-order valence-corrected chi connectivity index (χ0v) is 19.6. The van der Waals surface area contributed by atoms with E-state index in [1.807, 2.05) is 42.6 Å². The summed E-state index contributed by atoms with van der Waals surface area (Å²) in [6, 6.07) is 33.1. The molecule has 0 aliphatic heterocycles. The highest BCUT2D eigenvalue weighted by Crippen LogP contribution is 2.45. The fourth-order valence-electron chi connectivity index (χ4n) is 5.37. The van der Waals surface area contributed by atoms with Crippen molar-refractivity contribution in [1.29, 1.82) is 0 Å². The lowest BCUT2D eigenvalue weighted by atomic mass is 10.0. The Bertz CT molecular complexity index is 2120. The quantitative estimate of drug-likeness (QED) is 0.254. The zero-order valence-electron chi connectivity index (χ0n) is 19.6. The number of anilines is 3. The minimum absolute atomic E-state index is 0.778. The highest BCUT2D eigenvalue weighted by Gasteiger charge is 2.22. The van der Waals surface area contributed by atoms with Crippen LogP contribution in [-0.2, 0) is 0 Å². The van der Waals surface area contributed by atoms with Crippen molar-refractivity contribution in [3.05, 3.63) is 116 Å². The molecule has 5 nitrogen and oxygen atoms in total. The first-order valence-corrected chi connectivity index (χ1v) is 12.2. The van der Waals surface area contributed by atoms with Gasteiger partial charge in [-0.1, -0.05) is 42.5 Å². The number of benzene rings is 4. The van der Waals surface area contributed by atoms with Gasteiger partial charge in [0.05, 0.1) is 16.8 Å². The highest BCUT2D eigenvalue weighted by atomic mass is 16.3. The van der Waals surface area contributed by atoms with Gasteiger partial charge in [0.15, 0.2) is 5.58 Å². The summed E-state index contributed by atoms with van der Waals surface area (Å²) in [6.07, 6.45) is 5.44. The molecule has 4 aromatic carbocycles. The SMILES string of the molecule is c1ccc2c(N(c3ccc4oc5cccnc5c4c3)c3cccc4oc5ccncc5c34)cccc2c1. The number of pyridine rings is 2. The first kappa shape index (κ1) is 20.1. The van der Waals surface area contributed by atoms with E-state index in [1.54, 1.807) is 12.4 Å². The Hall–Kier alpha value is -5.16. The van der Waals surface area contributed by atoms with Gasteiger partial charge in [-0.25, -0.2) is 0 Å². The molecule has 37 heavy (non-hydrogen) atoms. The van der Waals surface area contributed by atoms with Crippen LogP contribution in [0, 0.1) is 0 Å². The fourth-order valence-corrected chi connectivity index (χ4v) is 5.37. The first-order valence-electron chi connectivity index (χ1n) is 12.2. The van der Waals surface area contributed by atoms with Crippen LogP contribution in [0.4, 0.5) is 17.1 Å². The highest BCUT2D eigenvalue weighted by molar-refractivity contribution is 6.15. The molecule has 0 amide bonds. The van der Waals surface area contributed by atoms with E-state index < -0.39 is 0 Å². The molecule has 0 N–H and O–H groups in total. The van der Waals surface area contributed by atoms with E-state index in [0.29, 0.717) is 0 Å². The summed E-state index contributed by atoms with van der Waals surface area (Å²) in [6.45, 7) is 0. The van der Waals surface area contributed by atoms with Crippen molar-refractivity contribution in [3.63, 3.8) is 0 Å². The van der Waals surface area contributed by atoms with Gasteiger partial charge in [0.2, 0.25) is 0 Å². The first-order chi connectivity index (χ1) is 18.3. The van der Waals surface area contributed by atoms with Gasteiger partial charge < -0.3 is 13.7 Å². The standard InChI is InChI=1S/C32H19N3O2/c1-2-8-22-20(6-1)7-3-9-25(22)35(21-13-14-27-23(18-21)32-30(37-27)12-5-16-34-32)26-10-4-11-29-31(26)24-19-33-17-15-28(24)36-29/h1-19H. The molecule has 8 aromatic rings. The van der Waals surface area contributed by atoms with E-state index in [4.69, 9.17) is 8.83 Å². The third kappa shape index (κ3) is 2.98. The molecule has 0 saturated carbocycles. The second kappa shape index (κ2) is 7.67. The van der Waals surface area contributed by atoms with Gasteiger partial charge in [-0.05, 0) is 60.0 Å². The molecule has 4 heterocycles. The Morgan fingerprint density at radius 3 is 2.38 bits per heavy atom. The van der Waals surface area contributed by atoms with Gasteiger partial charge in [0, 0.05) is 40.4 Å². The van der Waals surface area contributed by atoms with Crippen LogP contribution in [0.3, 0.4) is 0 Å². The summed E-state index contributed by atoms with van der Waals surface area (Å²) in [5.41, 5.74) is 7.17.